The van der Waals surface area contributed by atoms with Crippen molar-refractivity contribution in [2.24, 2.45) is 0 Å². The van der Waals surface area contributed by atoms with Crippen molar-refractivity contribution in [3.05, 3.63) is 0 Å². The Morgan fingerprint density at radius 3 is 1.18 bits per heavy atom. The summed E-state index contributed by atoms with van der Waals surface area (Å²) in [5, 5.41) is 68.8. The van der Waals surface area contributed by atoms with Crippen LogP contribution in [0.5, 0.6) is 0 Å². The fourth-order valence-corrected chi connectivity index (χ4v) is 0.671. The number of aliphatic hydroxyl groups excluding tert-OH is 6. The Kier molecular flexibility index (Phi) is 16.8. The normalized spacial score (nSPS) is 16.6. The number of hydrogen-bond acceptors (Lipinski definition) is 9. The summed E-state index contributed by atoms with van der Waals surface area (Å²) in [4.78, 5) is 8.33. The first-order valence-corrected chi connectivity index (χ1v) is 4.09. The van der Waals surface area contributed by atoms with E-state index in [4.69, 9.17) is 45.6 Å². The average molecular weight is 282 g/mol. The minimum atomic E-state index is -2.33. The zero-order chi connectivity index (χ0) is 13.3. The van der Waals surface area contributed by atoms with Crippen molar-refractivity contribution in [1.82, 2.24) is 0 Å². The standard InChI is InChI=1S/C6H14O6.CH2O3.Ca/c7-1-3(9)5(11)6(12)4(10)2-8;2-1(3)4;/h3-12H,1-2H2;(H2,2,3,4);/q;;+2/p-2/t3-,4+,5-,6-;;/m1../s1. The van der Waals surface area contributed by atoms with E-state index in [1.807, 2.05) is 0 Å². The molecule has 98 valence electrons. The third-order valence-corrected chi connectivity index (χ3v) is 1.51. The summed E-state index contributed by atoms with van der Waals surface area (Å²) >= 11 is 0. The molecule has 0 bridgehead atoms. The van der Waals surface area contributed by atoms with Crippen LogP contribution in [0, 0.1) is 0 Å². The third-order valence-electron chi connectivity index (χ3n) is 1.51. The van der Waals surface area contributed by atoms with E-state index in [0.717, 1.165) is 0 Å². The zero-order valence-electron chi connectivity index (χ0n) is 8.84. The van der Waals surface area contributed by atoms with Crippen LogP contribution in [0.15, 0.2) is 0 Å². The van der Waals surface area contributed by atoms with Crippen LogP contribution in [0.3, 0.4) is 0 Å². The van der Waals surface area contributed by atoms with Gasteiger partial charge in [0.05, 0.1) is 13.2 Å². The molecule has 17 heavy (non-hydrogen) atoms. The number of carbonyl (C=O) groups is 1. The Bertz CT molecular complexity index is 172. The first-order valence-electron chi connectivity index (χ1n) is 4.09. The van der Waals surface area contributed by atoms with Crippen molar-refractivity contribution in [3.8, 4) is 0 Å². The molecule has 0 radical (unpaired) electrons. The molecule has 10 heteroatoms. The zero-order valence-corrected chi connectivity index (χ0v) is 11.0. The minimum Gasteiger partial charge on any atom is -0.652 e. The summed E-state index contributed by atoms with van der Waals surface area (Å²) < 4.78 is 0. The van der Waals surface area contributed by atoms with Gasteiger partial charge in [0, 0.05) is 0 Å². The van der Waals surface area contributed by atoms with Gasteiger partial charge in [-0.2, -0.15) is 0 Å². The molecule has 0 unspecified atom stereocenters. The SMILES string of the molecule is O=C([O-])[O-].OC[C@@H](O)[C@@H](O)[C@H](O)[C@@H](O)CO.[Ca+2]. The summed E-state index contributed by atoms with van der Waals surface area (Å²) in [6.45, 7) is -1.45. The predicted octanol–water partition coefficient (Wildman–Crippen LogP) is -6.41. The molecular formula is C7H14CaO9. The summed E-state index contributed by atoms with van der Waals surface area (Å²) in [6, 6.07) is 0. The first kappa shape index (κ1) is 22.5. The Morgan fingerprint density at radius 2 is 1.06 bits per heavy atom. The maximum Gasteiger partial charge on any atom is 2.00 e. The van der Waals surface area contributed by atoms with Crippen LogP contribution in [-0.2, 0) is 0 Å². The van der Waals surface area contributed by atoms with Gasteiger partial charge in [-0.25, -0.2) is 0 Å². The molecule has 0 spiro atoms. The largest absolute Gasteiger partial charge is 2.00 e. The van der Waals surface area contributed by atoms with Gasteiger partial charge in [0.15, 0.2) is 0 Å². The third kappa shape index (κ3) is 12.5. The van der Waals surface area contributed by atoms with Crippen LogP contribution < -0.4 is 10.2 Å². The van der Waals surface area contributed by atoms with Gasteiger partial charge in [0.2, 0.25) is 0 Å². The van der Waals surface area contributed by atoms with Crippen molar-refractivity contribution < 1.29 is 45.6 Å². The number of carboxylic acid groups (broad SMARTS) is 2. The smallest absolute Gasteiger partial charge is 0.652 e. The molecule has 0 aliphatic rings. The second-order valence-electron chi connectivity index (χ2n) is 2.73. The van der Waals surface area contributed by atoms with E-state index in [0.29, 0.717) is 0 Å². The maximum atomic E-state index is 8.96. The topological polar surface area (TPSA) is 185 Å². The second kappa shape index (κ2) is 12.7. The molecule has 0 fully saturated rings. The minimum absolute atomic E-state index is 0. The van der Waals surface area contributed by atoms with Crippen molar-refractivity contribution in [2.75, 3.05) is 13.2 Å². The van der Waals surface area contributed by atoms with E-state index in [1.54, 1.807) is 0 Å². The van der Waals surface area contributed by atoms with Crippen LogP contribution in [-0.4, -0.2) is 112 Å². The number of rotatable bonds is 5. The molecule has 0 aliphatic heterocycles. The fraction of sp³-hybridized carbons (Fsp3) is 0.857. The van der Waals surface area contributed by atoms with E-state index < -0.39 is 43.8 Å². The molecule has 0 aromatic rings. The van der Waals surface area contributed by atoms with Gasteiger partial charge in [0.25, 0.3) is 0 Å². The number of hydrogen-bond donors (Lipinski definition) is 6. The van der Waals surface area contributed by atoms with Gasteiger partial charge < -0.3 is 45.6 Å². The fourth-order valence-electron chi connectivity index (χ4n) is 0.671. The van der Waals surface area contributed by atoms with Crippen molar-refractivity contribution in [2.45, 2.75) is 24.4 Å². The molecular weight excluding hydrogens is 268 g/mol. The van der Waals surface area contributed by atoms with Gasteiger partial charge in [-0.05, 0) is 6.16 Å². The predicted molar refractivity (Wildman–Crippen MR) is 49.3 cm³/mol. The quantitative estimate of drug-likeness (QED) is 0.267. The molecule has 0 saturated carbocycles. The van der Waals surface area contributed by atoms with E-state index >= 15 is 0 Å². The van der Waals surface area contributed by atoms with Crippen LogP contribution in [0.1, 0.15) is 0 Å². The molecule has 0 aromatic heterocycles. The van der Waals surface area contributed by atoms with Crippen LogP contribution in [0.25, 0.3) is 0 Å². The molecule has 4 atom stereocenters. The summed E-state index contributed by atoms with van der Waals surface area (Å²) in [6.07, 6.45) is -8.73. The second-order valence-corrected chi connectivity index (χ2v) is 2.73. The van der Waals surface area contributed by atoms with Crippen LogP contribution in [0.4, 0.5) is 4.79 Å². The van der Waals surface area contributed by atoms with Crippen molar-refractivity contribution in [1.29, 1.82) is 0 Å². The first-order chi connectivity index (χ1) is 7.27. The van der Waals surface area contributed by atoms with E-state index in [-0.39, 0.29) is 37.7 Å². The van der Waals surface area contributed by atoms with Gasteiger partial charge >= 0.3 is 37.7 Å². The Labute approximate surface area is 127 Å². The van der Waals surface area contributed by atoms with Gasteiger partial charge in [-0.15, -0.1) is 0 Å². The molecule has 0 heterocycles. The van der Waals surface area contributed by atoms with Crippen LogP contribution in [0.2, 0.25) is 0 Å². The van der Waals surface area contributed by atoms with E-state index in [9.17, 15) is 0 Å². The molecule has 0 saturated heterocycles. The Hall–Kier alpha value is 0.290. The molecule has 0 aliphatic carbocycles. The van der Waals surface area contributed by atoms with Gasteiger partial charge in [0.1, 0.15) is 24.4 Å². The molecule has 0 amide bonds. The van der Waals surface area contributed by atoms with E-state index in [2.05, 4.69) is 0 Å². The average Bonchev–Trinajstić information content (AvgIpc) is 2.24. The summed E-state index contributed by atoms with van der Waals surface area (Å²) in [7, 11) is 0. The maximum absolute atomic E-state index is 8.96. The summed E-state index contributed by atoms with van der Waals surface area (Å²) in [5.41, 5.74) is 0. The van der Waals surface area contributed by atoms with E-state index in [1.165, 1.54) is 0 Å². The number of aliphatic hydroxyl groups is 6. The molecule has 0 rings (SSSR count). The monoisotopic (exact) mass is 282 g/mol. The molecule has 9 nitrogen and oxygen atoms in total. The number of carbonyl (C=O) groups excluding carboxylic acids is 1. The molecule has 6 N–H and O–H groups in total. The summed E-state index contributed by atoms with van der Waals surface area (Å²) in [5.74, 6) is 0. The van der Waals surface area contributed by atoms with Crippen molar-refractivity contribution in [3.63, 3.8) is 0 Å². The Balaban J connectivity index is -0.000000340. The van der Waals surface area contributed by atoms with Gasteiger partial charge in [-0.1, -0.05) is 0 Å². The van der Waals surface area contributed by atoms with Gasteiger partial charge in [-0.3, -0.25) is 0 Å². The van der Waals surface area contributed by atoms with Crippen LogP contribution >= 0.6 is 0 Å². The molecule has 0 aromatic carbocycles. The van der Waals surface area contributed by atoms with Crippen molar-refractivity contribution >= 4 is 43.9 Å². The Morgan fingerprint density at radius 1 is 0.882 bits per heavy atom.